The van der Waals surface area contributed by atoms with Gasteiger partial charge in [-0.2, -0.15) is 0 Å². The second kappa shape index (κ2) is 5.97. The second-order valence-corrected chi connectivity index (χ2v) is 6.33. The Labute approximate surface area is 140 Å². The molecule has 1 heterocycles. The molecule has 0 unspecified atom stereocenters. The number of rotatable bonds is 3. The Morgan fingerprint density at radius 2 is 2.04 bits per heavy atom. The number of carbonyl (C=O) groups excluding carboxylic acids is 1. The lowest BCUT2D eigenvalue weighted by Gasteiger charge is -2.04. The lowest BCUT2D eigenvalue weighted by molar-refractivity contribution is -0.385. The number of benzene rings is 2. The van der Waals surface area contributed by atoms with Crippen molar-refractivity contribution in [1.82, 2.24) is 4.98 Å². The third kappa shape index (κ3) is 2.95. The highest BCUT2D eigenvalue weighted by atomic mass is 32.1. The number of hydrogen-bond acceptors (Lipinski definition) is 5. The number of aromatic nitrogens is 1. The zero-order chi connectivity index (χ0) is 17.4. The van der Waals surface area contributed by atoms with Crippen molar-refractivity contribution < 1.29 is 14.1 Å². The number of thiazole rings is 1. The van der Waals surface area contributed by atoms with Crippen LogP contribution >= 0.6 is 11.3 Å². The second-order valence-electron chi connectivity index (χ2n) is 5.30. The SMILES string of the molecule is Cc1ccc2nc(NC(=O)c3cc(F)c(C)c([N+](=O)[O-])c3)sc2c1. The van der Waals surface area contributed by atoms with Gasteiger partial charge in [0, 0.05) is 11.6 Å². The number of nitrogens with zero attached hydrogens (tertiary/aromatic N) is 2. The molecule has 0 radical (unpaired) electrons. The number of fused-ring (bicyclic) bond motifs is 1. The molecule has 2 aromatic carbocycles. The Hall–Kier alpha value is -2.87. The van der Waals surface area contributed by atoms with Crippen molar-refractivity contribution in [3.05, 3.63) is 63.0 Å². The number of aryl methyl sites for hydroxylation is 1. The molecule has 0 saturated carbocycles. The van der Waals surface area contributed by atoms with E-state index in [0.717, 1.165) is 27.9 Å². The normalized spacial score (nSPS) is 10.8. The molecule has 24 heavy (non-hydrogen) atoms. The van der Waals surface area contributed by atoms with Crippen LogP contribution < -0.4 is 5.32 Å². The minimum atomic E-state index is -0.797. The van der Waals surface area contributed by atoms with Crippen molar-refractivity contribution in [1.29, 1.82) is 0 Å². The first-order chi connectivity index (χ1) is 11.3. The molecule has 3 rings (SSSR count). The highest BCUT2D eigenvalue weighted by molar-refractivity contribution is 7.22. The van der Waals surface area contributed by atoms with Gasteiger partial charge in [-0.15, -0.1) is 0 Å². The number of amides is 1. The fraction of sp³-hybridized carbons (Fsp3) is 0.125. The molecule has 6 nitrogen and oxygen atoms in total. The van der Waals surface area contributed by atoms with Crippen LogP contribution in [0.3, 0.4) is 0 Å². The van der Waals surface area contributed by atoms with Crippen LogP contribution in [0.4, 0.5) is 15.2 Å². The lowest BCUT2D eigenvalue weighted by Crippen LogP contribution is -2.13. The molecule has 8 heteroatoms. The summed E-state index contributed by atoms with van der Waals surface area (Å²) in [5.74, 6) is -1.44. The maximum Gasteiger partial charge on any atom is 0.276 e. The summed E-state index contributed by atoms with van der Waals surface area (Å²) in [4.78, 5) is 26.8. The number of carbonyl (C=O) groups is 1. The molecule has 0 bridgehead atoms. The van der Waals surface area contributed by atoms with E-state index in [1.165, 1.54) is 18.3 Å². The van der Waals surface area contributed by atoms with Gasteiger partial charge < -0.3 is 0 Å². The minimum absolute atomic E-state index is 0.105. The van der Waals surface area contributed by atoms with Crippen LogP contribution in [0.1, 0.15) is 21.5 Å². The quantitative estimate of drug-likeness (QED) is 0.569. The van der Waals surface area contributed by atoms with Crippen molar-refractivity contribution in [3.8, 4) is 0 Å². The van der Waals surface area contributed by atoms with Gasteiger partial charge in [-0.05, 0) is 37.6 Å². The van der Waals surface area contributed by atoms with E-state index in [9.17, 15) is 19.3 Å². The summed E-state index contributed by atoms with van der Waals surface area (Å²) >= 11 is 1.28. The molecule has 1 amide bonds. The van der Waals surface area contributed by atoms with E-state index in [2.05, 4.69) is 10.3 Å². The zero-order valence-corrected chi connectivity index (χ0v) is 13.6. The van der Waals surface area contributed by atoms with Crippen LogP contribution in [-0.4, -0.2) is 15.8 Å². The molecule has 0 aliphatic carbocycles. The predicted molar refractivity (Wildman–Crippen MR) is 90.1 cm³/mol. The third-order valence-electron chi connectivity index (χ3n) is 3.54. The number of hydrogen-bond donors (Lipinski definition) is 1. The first-order valence-electron chi connectivity index (χ1n) is 6.98. The third-order valence-corrected chi connectivity index (χ3v) is 4.47. The summed E-state index contributed by atoms with van der Waals surface area (Å²) in [6, 6.07) is 7.74. The largest absolute Gasteiger partial charge is 0.298 e. The summed E-state index contributed by atoms with van der Waals surface area (Å²) < 4.78 is 14.7. The Kier molecular flexibility index (Phi) is 3.98. The van der Waals surface area contributed by atoms with Gasteiger partial charge in [0.1, 0.15) is 5.82 Å². The molecular weight excluding hydrogens is 333 g/mol. The van der Waals surface area contributed by atoms with Crippen molar-refractivity contribution in [2.75, 3.05) is 5.32 Å². The van der Waals surface area contributed by atoms with Crippen LogP contribution in [0.2, 0.25) is 0 Å². The first kappa shape index (κ1) is 16.0. The molecule has 122 valence electrons. The van der Waals surface area contributed by atoms with E-state index < -0.39 is 22.3 Å². The van der Waals surface area contributed by atoms with Crippen molar-refractivity contribution in [2.45, 2.75) is 13.8 Å². The molecule has 0 spiro atoms. The van der Waals surface area contributed by atoms with Crippen LogP contribution in [0.25, 0.3) is 10.2 Å². The molecule has 0 saturated heterocycles. The average molecular weight is 345 g/mol. The summed E-state index contributed by atoms with van der Waals surface area (Å²) in [5.41, 5.74) is 1.15. The number of halogens is 1. The monoisotopic (exact) mass is 345 g/mol. The van der Waals surface area contributed by atoms with Crippen molar-refractivity contribution in [2.24, 2.45) is 0 Å². The van der Waals surface area contributed by atoms with E-state index in [4.69, 9.17) is 0 Å². The molecule has 0 fully saturated rings. The van der Waals surface area contributed by atoms with Crippen LogP contribution in [0, 0.1) is 29.8 Å². The summed E-state index contributed by atoms with van der Waals surface area (Å²) in [6.45, 7) is 3.25. The van der Waals surface area contributed by atoms with Gasteiger partial charge in [0.15, 0.2) is 5.13 Å². The Morgan fingerprint density at radius 3 is 2.75 bits per heavy atom. The number of nitro groups is 1. The maximum atomic E-state index is 13.8. The van der Waals surface area contributed by atoms with E-state index >= 15 is 0 Å². The molecule has 1 N–H and O–H groups in total. The number of nitrogens with one attached hydrogen (secondary N) is 1. The fourth-order valence-corrected chi connectivity index (χ4v) is 3.20. The van der Waals surface area contributed by atoms with Crippen LogP contribution in [-0.2, 0) is 0 Å². The maximum absolute atomic E-state index is 13.8. The smallest absolute Gasteiger partial charge is 0.276 e. The van der Waals surface area contributed by atoms with E-state index in [1.54, 1.807) is 0 Å². The molecule has 0 aliphatic rings. The molecule has 3 aromatic rings. The van der Waals surface area contributed by atoms with Gasteiger partial charge >= 0.3 is 0 Å². The van der Waals surface area contributed by atoms with E-state index in [1.807, 2.05) is 25.1 Å². The highest BCUT2D eigenvalue weighted by Gasteiger charge is 2.20. The lowest BCUT2D eigenvalue weighted by atomic mass is 10.1. The minimum Gasteiger partial charge on any atom is -0.298 e. The summed E-state index contributed by atoms with van der Waals surface area (Å²) in [5, 5.41) is 13.9. The van der Waals surface area contributed by atoms with E-state index in [0.29, 0.717) is 5.13 Å². The van der Waals surface area contributed by atoms with Crippen molar-refractivity contribution in [3.63, 3.8) is 0 Å². The fourth-order valence-electron chi connectivity index (χ4n) is 2.24. The number of nitro benzene ring substituents is 1. The van der Waals surface area contributed by atoms with Gasteiger partial charge in [0.05, 0.1) is 20.7 Å². The Morgan fingerprint density at radius 1 is 1.29 bits per heavy atom. The Bertz CT molecular complexity index is 984. The van der Waals surface area contributed by atoms with Gasteiger partial charge in [-0.25, -0.2) is 9.37 Å². The highest BCUT2D eigenvalue weighted by Crippen LogP contribution is 2.28. The number of anilines is 1. The molecule has 0 aliphatic heterocycles. The molecular formula is C16H12FN3O3S. The van der Waals surface area contributed by atoms with E-state index in [-0.39, 0.29) is 11.1 Å². The molecule has 1 aromatic heterocycles. The Balaban J connectivity index is 1.92. The van der Waals surface area contributed by atoms with Gasteiger partial charge in [0.25, 0.3) is 11.6 Å². The van der Waals surface area contributed by atoms with Gasteiger partial charge in [0.2, 0.25) is 0 Å². The van der Waals surface area contributed by atoms with Crippen LogP contribution in [0.15, 0.2) is 30.3 Å². The van der Waals surface area contributed by atoms with Gasteiger partial charge in [-0.1, -0.05) is 17.4 Å². The standard InChI is InChI=1S/C16H12FN3O3S/c1-8-3-4-12-14(5-8)24-16(18-12)19-15(21)10-6-11(17)9(2)13(7-10)20(22)23/h3-7H,1-2H3,(H,18,19,21). The average Bonchev–Trinajstić information content (AvgIpc) is 2.90. The predicted octanol–water partition coefficient (Wildman–Crippen LogP) is 4.21. The molecule has 0 atom stereocenters. The first-order valence-corrected chi connectivity index (χ1v) is 7.80. The topological polar surface area (TPSA) is 85.1 Å². The summed E-state index contributed by atoms with van der Waals surface area (Å²) in [6.07, 6.45) is 0. The van der Waals surface area contributed by atoms with Gasteiger partial charge in [-0.3, -0.25) is 20.2 Å². The van der Waals surface area contributed by atoms with Crippen molar-refractivity contribution >= 4 is 38.3 Å². The van der Waals surface area contributed by atoms with Crippen LogP contribution in [0.5, 0.6) is 0 Å². The summed E-state index contributed by atoms with van der Waals surface area (Å²) in [7, 11) is 0. The zero-order valence-electron chi connectivity index (χ0n) is 12.8.